The molecule has 0 amide bonds. The second-order valence-electron chi connectivity index (χ2n) is 2.69. The van der Waals surface area contributed by atoms with E-state index in [1.807, 2.05) is 0 Å². The van der Waals surface area contributed by atoms with E-state index < -0.39 is 0 Å². The van der Waals surface area contributed by atoms with Gasteiger partial charge >= 0.3 is 5.97 Å². The van der Waals surface area contributed by atoms with E-state index in [1.165, 1.54) is 7.11 Å². The Bertz CT molecular complexity index is 366. The van der Waals surface area contributed by atoms with Crippen molar-refractivity contribution in [3.63, 3.8) is 0 Å². The number of carbonyl (C=O) groups excluding carboxylic acids is 1. The molecule has 0 aliphatic carbocycles. The molecular formula is C9H9Br2NO2. The molecule has 14 heavy (non-hydrogen) atoms. The highest BCUT2D eigenvalue weighted by atomic mass is 79.9. The standard InChI is InChI=1S/C9H9Br2NO2/c1-14-7(13)4-5-2-3-6(12)9(11)8(5)10/h2-3H,4,12H2,1H3. The minimum atomic E-state index is -0.276. The van der Waals surface area contributed by atoms with Crippen molar-refractivity contribution in [2.75, 3.05) is 12.8 Å². The van der Waals surface area contributed by atoms with Crippen LogP contribution in [-0.4, -0.2) is 13.1 Å². The summed E-state index contributed by atoms with van der Waals surface area (Å²) in [7, 11) is 1.36. The van der Waals surface area contributed by atoms with Crippen molar-refractivity contribution < 1.29 is 9.53 Å². The summed E-state index contributed by atoms with van der Waals surface area (Å²) in [4.78, 5) is 11.0. The third kappa shape index (κ3) is 2.48. The van der Waals surface area contributed by atoms with Crippen LogP contribution in [-0.2, 0) is 16.0 Å². The minimum Gasteiger partial charge on any atom is -0.469 e. The van der Waals surface area contributed by atoms with Crippen LogP contribution in [0.3, 0.4) is 0 Å². The lowest BCUT2D eigenvalue weighted by Crippen LogP contribution is -2.05. The van der Waals surface area contributed by atoms with E-state index in [4.69, 9.17) is 5.73 Å². The van der Waals surface area contributed by atoms with Crippen molar-refractivity contribution in [2.24, 2.45) is 0 Å². The Morgan fingerprint density at radius 1 is 1.43 bits per heavy atom. The van der Waals surface area contributed by atoms with Gasteiger partial charge < -0.3 is 10.5 Å². The van der Waals surface area contributed by atoms with Gasteiger partial charge in [-0.1, -0.05) is 6.07 Å². The fourth-order valence-electron chi connectivity index (χ4n) is 0.969. The van der Waals surface area contributed by atoms with E-state index in [-0.39, 0.29) is 12.4 Å². The largest absolute Gasteiger partial charge is 0.469 e. The Labute approximate surface area is 98.9 Å². The lowest BCUT2D eigenvalue weighted by Gasteiger charge is -2.07. The molecule has 0 atom stereocenters. The Hall–Kier alpha value is -0.550. The summed E-state index contributed by atoms with van der Waals surface area (Å²) < 4.78 is 6.13. The molecule has 0 aliphatic rings. The number of nitrogen functional groups attached to an aromatic ring is 1. The van der Waals surface area contributed by atoms with E-state index in [0.29, 0.717) is 5.69 Å². The van der Waals surface area contributed by atoms with Crippen molar-refractivity contribution in [2.45, 2.75) is 6.42 Å². The molecule has 0 fully saturated rings. The van der Waals surface area contributed by atoms with Gasteiger partial charge in [-0.2, -0.15) is 0 Å². The molecule has 0 radical (unpaired) electrons. The lowest BCUT2D eigenvalue weighted by molar-refractivity contribution is -0.139. The zero-order valence-corrected chi connectivity index (χ0v) is 10.7. The average molecular weight is 323 g/mol. The molecule has 0 spiro atoms. The zero-order valence-electron chi connectivity index (χ0n) is 7.51. The zero-order chi connectivity index (χ0) is 10.7. The molecule has 0 saturated carbocycles. The van der Waals surface area contributed by atoms with E-state index in [9.17, 15) is 4.79 Å². The van der Waals surface area contributed by atoms with Gasteiger partial charge in [-0.3, -0.25) is 4.79 Å². The summed E-state index contributed by atoms with van der Waals surface area (Å²) in [5.74, 6) is -0.276. The van der Waals surface area contributed by atoms with Gasteiger partial charge in [-0.15, -0.1) is 0 Å². The topological polar surface area (TPSA) is 52.3 Å². The van der Waals surface area contributed by atoms with Crippen LogP contribution >= 0.6 is 31.9 Å². The summed E-state index contributed by atoms with van der Waals surface area (Å²) in [6, 6.07) is 3.54. The van der Waals surface area contributed by atoms with Crippen LogP contribution in [0, 0.1) is 0 Å². The number of hydrogen-bond donors (Lipinski definition) is 1. The van der Waals surface area contributed by atoms with Crippen molar-refractivity contribution >= 4 is 43.5 Å². The smallest absolute Gasteiger partial charge is 0.310 e. The molecule has 2 N–H and O–H groups in total. The Kier molecular flexibility index (Phi) is 3.95. The maximum absolute atomic E-state index is 11.0. The molecule has 0 unspecified atom stereocenters. The van der Waals surface area contributed by atoms with Crippen molar-refractivity contribution in [3.05, 3.63) is 26.6 Å². The first-order valence-corrected chi connectivity index (χ1v) is 5.44. The van der Waals surface area contributed by atoms with Gasteiger partial charge in [0.05, 0.1) is 18.0 Å². The fraction of sp³-hybridized carbons (Fsp3) is 0.222. The molecule has 5 heteroatoms. The Balaban J connectivity index is 3.00. The summed E-state index contributed by atoms with van der Waals surface area (Å²) in [5, 5.41) is 0. The Morgan fingerprint density at radius 3 is 2.64 bits per heavy atom. The highest BCUT2D eigenvalue weighted by Crippen LogP contribution is 2.32. The lowest BCUT2D eigenvalue weighted by atomic mass is 10.1. The van der Waals surface area contributed by atoms with Crippen LogP contribution in [0.2, 0.25) is 0 Å². The average Bonchev–Trinajstić information content (AvgIpc) is 2.19. The second kappa shape index (κ2) is 4.79. The molecule has 0 saturated heterocycles. The van der Waals surface area contributed by atoms with Gasteiger partial charge in [0.25, 0.3) is 0 Å². The fourth-order valence-corrected chi connectivity index (χ4v) is 1.86. The van der Waals surface area contributed by atoms with Crippen molar-refractivity contribution in [1.82, 2.24) is 0 Å². The van der Waals surface area contributed by atoms with Gasteiger partial charge in [0, 0.05) is 10.2 Å². The van der Waals surface area contributed by atoms with Crippen molar-refractivity contribution in [3.8, 4) is 0 Å². The first-order valence-electron chi connectivity index (χ1n) is 3.85. The molecule has 3 nitrogen and oxygen atoms in total. The van der Waals surface area contributed by atoms with Crippen LogP contribution in [0.25, 0.3) is 0 Å². The molecule has 0 aromatic heterocycles. The second-order valence-corrected chi connectivity index (χ2v) is 4.28. The summed E-state index contributed by atoms with van der Waals surface area (Å²) in [6.07, 6.45) is 0.232. The number of esters is 1. The quantitative estimate of drug-likeness (QED) is 0.672. The molecule has 0 bridgehead atoms. The SMILES string of the molecule is COC(=O)Cc1ccc(N)c(Br)c1Br. The Morgan fingerprint density at radius 2 is 2.07 bits per heavy atom. The highest BCUT2D eigenvalue weighted by Gasteiger charge is 2.10. The predicted molar refractivity (Wildman–Crippen MR) is 62.0 cm³/mol. The number of halogens is 2. The number of benzene rings is 1. The third-order valence-corrected chi connectivity index (χ3v) is 4.05. The van der Waals surface area contributed by atoms with E-state index in [2.05, 4.69) is 36.6 Å². The van der Waals surface area contributed by atoms with E-state index in [0.717, 1.165) is 14.5 Å². The van der Waals surface area contributed by atoms with Gasteiger partial charge in [0.1, 0.15) is 0 Å². The number of anilines is 1. The van der Waals surface area contributed by atoms with Crippen LogP contribution in [0.4, 0.5) is 5.69 Å². The predicted octanol–water partition coefficient (Wildman–Crippen LogP) is 2.51. The van der Waals surface area contributed by atoms with Gasteiger partial charge in [0.15, 0.2) is 0 Å². The maximum Gasteiger partial charge on any atom is 0.310 e. The van der Waals surface area contributed by atoms with Gasteiger partial charge in [0.2, 0.25) is 0 Å². The molecule has 1 aromatic carbocycles. The third-order valence-electron chi connectivity index (χ3n) is 1.75. The number of rotatable bonds is 2. The molecule has 1 aromatic rings. The number of carbonyl (C=O) groups is 1. The normalized spacial score (nSPS) is 9.93. The minimum absolute atomic E-state index is 0.232. The van der Waals surface area contributed by atoms with E-state index in [1.54, 1.807) is 12.1 Å². The molecule has 76 valence electrons. The molecule has 1 rings (SSSR count). The monoisotopic (exact) mass is 321 g/mol. The maximum atomic E-state index is 11.0. The summed E-state index contributed by atoms with van der Waals surface area (Å²) in [5.41, 5.74) is 7.14. The summed E-state index contributed by atoms with van der Waals surface area (Å²) >= 11 is 6.67. The van der Waals surface area contributed by atoms with Crippen LogP contribution in [0.5, 0.6) is 0 Å². The first kappa shape index (κ1) is 11.5. The van der Waals surface area contributed by atoms with Crippen LogP contribution < -0.4 is 5.73 Å². The molecule has 0 aliphatic heterocycles. The number of ether oxygens (including phenoxy) is 1. The summed E-state index contributed by atoms with van der Waals surface area (Å²) in [6.45, 7) is 0. The van der Waals surface area contributed by atoms with Crippen molar-refractivity contribution in [1.29, 1.82) is 0 Å². The molecule has 0 heterocycles. The highest BCUT2D eigenvalue weighted by molar-refractivity contribution is 9.13. The molecular weight excluding hydrogens is 314 g/mol. The van der Waals surface area contributed by atoms with E-state index >= 15 is 0 Å². The van der Waals surface area contributed by atoms with Gasteiger partial charge in [-0.25, -0.2) is 0 Å². The number of nitrogens with two attached hydrogens (primary N) is 1. The first-order chi connectivity index (χ1) is 6.56. The number of methoxy groups -OCH3 is 1. The van der Waals surface area contributed by atoms with Crippen LogP contribution in [0.15, 0.2) is 21.1 Å². The van der Waals surface area contributed by atoms with Crippen LogP contribution in [0.1, 0.15) is 5.56 Å². The number of hydrogen-bond acceptors (Lipinski definition) is 3. The van der Waals surface area contributed by atoms with Gasteiger partial charge in [-0.05, 0) is 43.5 Å².